The fraction of sp³-hybridized carbons (Fsp3) is 0.500. The number of hydrogen-bond acceptors (Lipinski definition) is 3. The number of aromatic nitrogens is 3. The van der Waals surface area contributed by atoms with Gasteiger partial charge in [-0.3, -0.25) is 9.67 Å². The van der Waals surface area contributed by atoms with Crippen LogP contribution >= 0.6 is 15.9 Å². The highest BCUT2D eigenvalue weighted by molar-refractivity contribution is 9.10. The van der Waals surface area contributed by atoms with E-state index in [9.17, 15) is 0 Å². The second kappa shape index (κ2) is 7.71. The first-order valence-electron chi connectivity index (χ1n) is 7.59. The highest BCUT2D eigenvalue weighted by Gasteiger charge is 2.19. The average molecular weight is 351 g/mol. The van der Waals surface area contributed by atoms with E-state index >= 15 is 0 Å². The normalized spacial score (nSPS) is 12.6. The second-order valence-corrected chi connectivity index (χ2v) is 5.74. The Morgan fingerprint density at radius 1 is 1.29 bits per heavy atom. The summed E-state index contributed by atoms with van der Waals surface area (Å²) in [5.41, 5.74) is 3.45. The Hall–Kier alpha value is -1.20. The van der Waals surface area contributed by atoms with E-state index in [1.54, 1.807) is 0 Å². The molecule has 2 heterocycles. The number of hydrogen-bond donors (Lipinski definition) is 1. The van der Waals surface area contributed by atoms with Crippen molar-refractivity contribution in [3.63, 3.8) is 0 Å². The first-order valence-corrected chi connectivity index (χ1v) is 8.38. The van der Waals surface area contributed by atoms with Gasteiger partial charge < -0.3 is 5.32 Å². The van der Waals surface area contributed by atoms with E-state index in [2.05, 4.69) is 62.8 Å². The Balaban J connectivity index is 2.31. The molecule has 5 heteroatoms. The van der Waals surface area contributed by atoms with E-state index < -0.39 is 0 Å². The number of rotatable bonds is 7. The van der Waals surface area contributed by atoms with Crippen LogP contribution < -0.4 is 5.32 Å². The van der Waals surface area contributed by atoms with Crippen LogP contribution in [-0.2, 0) is 19.4 Å². The van der Waals surface area contributed by atoms with Crippen LogP contribution in [0.25, 0.3) is 0 Å². The predicted octanol–water partition coefficient (Wildman–Crippen LogP) is 3.52. The maximum absolute atomic E-state index is 4.68. The van der Waals surface area contributed by atoms with Crippen LogP contribution in [0.2, 0.25) is 0 Å². The Morgan fingerprint density at radius 3 is 2.67 bits per heavy atom. The molecule has 0 spiro atoms. The third-order valence-corrected chi connectivity index (χ3v) is 4.50. The van der Waals surface area contributed by atoms with Crippen LogP contribution in [0.1, 0.15) is 43.9 Å². The molecule has 0 amide bonds. The molecule has 1 atom stereocenters. The molecule has 2 aromatic heterocycles. The highest BCUT2D eigenvalue weighted by Crippen LogP contribution is 2.26. The maximum atomic E-state index is 4.68. The van der Waals surface area contributed by atoms with Crippen molar-refractivity contribution >= 4 is 15.9 Å². The van der Waals surface area contributed by atoms with Gasteiger partial charge in [0.1, 0.15) is 0 Å². The number of nitrogens with zero attached hydrogens (tertiary/aromatic N) is 3. The first-order chi connectivity index (χ1) is 10.2. The van der Waals surface area contributed by atoms with Crippen molar-refractivity contribution in [3.05, 3.63) is 46.0 Å². The van der Waals surface area contributed by atoms with E-state index in [0.29, 0.717) is 0 Å². The zero-order valence-electron chi connectivity index (χ0n) is 12.9. The van der Waals surface area contributed by atoms with Crippen LogP contribution in [0.4, 0.5) is 0 Å². The largest absolute Gasteiger partial charge is 0.309 e. The van der Waals surface area contributed by atoms with Crippen LogP contribution in [0, 0.1) is 0 Å². The summed E-state index contributed by atoms with van der Waals surface area (Å²) in [5, 5.41) is 8.20. The van der Waals surface area contributed by atoms with Crippen LogP contribution in [0.5, 0.6) is 0 Å². The third kappa shape index (κ3) is 3.71. The molecule has 114 valence electrons. The van der Waals surface area contributed by atoms with Crippen molar-refractivity contribution in [1.29, 1.82) is 0 Å². The van der Waals surface area contributed by atoms with Gasteiger partial charge >= 0.3 is 0 Å². The van der Waals surface area contributed by atoms with Crippen molar-refractivity contribution in [2.24, 2.45) is 0 Å². The van der Waals surface area contributed by atoms with Gasteiger partial charge in [0.05, 0.1) is 27.6 Å². The predicted molar refractivity (Wildman–Crippen MR) is 89.3 cm³/mol. The number of nitrogens with one attached hydrogen (secondary N) is 1. The minimum atomic E-state index is 0.208. The van der Waals surface area contributed by atoms with Crippen molar-refractivity contribution in [2.45, 2.75) is 46.2 Å². The van der Waals surface area contributed by atoms with Gasteiger partial charge in [0.2, 0.25) is 0 Å². The Bertz CT molecular complexity index is 565. The van der Waals surface area contributed by atoms with Gasteiger partial charge in [-0.15, -0.1) is 0 Å². The lowest BCUT2D eigenvalue weighted by atomic mass is 10.1. The summed E-state index contributed by atoms with van der Waals surface area (Å²) in [6.45, 7) is 8.19. The Kier molecular flexibility index (Phi) is 5.94. The lowest BCUT2D eigenvalue weighted by Crippen LogP contribution is -2.25. The van der Waals surface area contributed by atoms with E-state index in [1.165, 1.54) is 5.69 Å². The quantitative estimate of drug-likeness (QED) is 0.830. The van der Waals surface area contributed by atoms with Crippen LogP contribution in [0.15, 0.2) is 28.9 Å². The van der Waals surface area contributed by atoms with Gasteiger partial charge in [-0.25, -0.2) is 0 Å². The summed E-state index contributed by atoms with van der Waals surface area (Å²) >= 11 is 3.72. The number of halogens is 1. The Labute approximate surface area is 135 Å². The number of pyridine rings is 1. The Morgan fingerprint density at radius 2 is 2.10 bits per heavy atom. The third-order valence-electron chi connectivity index (χ3n) is 3.59. The van der Waals surface area contributed by atoms with Gasteiger partial charge in [-0.05, 0) is 48.0 Å². The average Bonchev–Trinajstić information content (AvgIpc) is 2.83. The van der Waals surface area contributed by atoms with E-state index in [4.69, 9.17) is 0 Å². The molecular weight excluding hydrogens is 328 g/mol. The maximum Gasteiger partial charge on any atom is 0.0766 e. The molecule has 0 saturated carbocycles. The molecule has 1 N–H and O–H groups in total. The van der Waals surface area contributed by atoms with E-state index in [0.717, 1.165) is 41.8 Å². The summed E-state index contributed by atoms with van der Waals surface area (Å²) in [6.07, 6.45) is 3.67. The summed E-state index contributed by atoms with van der Waals surface area (Å²) in [4.78, 5) is 4.50. The van der Waals surface area contributed by atoms with Crippen LogP contribution in [-0.4, -0.2) is 21.3 Å². The smallest absolute Gasteiger partial charge is 0.0766 e. The van der Waals surface area contributed by atoms with Crippen molar-refractivity contribution in [2.75, 3.05) is 6.54 Å². The molecule has 1 unspecified atom stereocenters. The molecule has 0 aromatic carbocycles. The summed E-state index contributed by atoms with van der Waals surface area (Å²) in [7, 11) is 0. The van der Waals surface area contributed by atoms with Gasteiger partial charge in [0.25, 0.3) is 0 Å². The molecule has 4 nitrogen and oxygen atoms in total. The summed E-state index contributed by atoms with van der Waals surface area (Å²) in [5.74, 6) is 0. The van der Waals surface area contributed by atoms with E-state index in [1.807, 2.05) is 18.3 Å². The summed E-state index contributed by atoms with van der Waals surface area (Å²) < 4.78 is 3.24. The standard InChI is InChI=1S/C16H23BrN4/c1-4-12-16(17)15(21(6-3)20-12)11-14(18-5-2)13-9-7-8-10-19-13/h7-10,14,18H,4-6,11H2,1-3H3. The minimum Gasteiger partial charge on any atom is -0.309 e. The first kappa shape index (κ1) is 16.2. The van der Waals surface area contributed by atoms with Crippen LogP contribution in [0.3, 0.4) is 0 Å². The molecule has 0 bridgehead atoms. The van der Waals surface area contributed by atoms with Crippen molar-refractivity contribution in [3.8, 4) is 0 Å². The number of aryl methyl sites for hydroxylation is 2. The fourth-order valence-electron chi connectivity index (χ4n) is 2.52. The zero-order valence-corrected chi connectivity index (χ0v) is 14.5. The molecular formula is C16H23BrN4. The van der Waals surface area contributed by atoms with Crippen molar-refractivity contribution in [1.82, 2.24) is 20.1 Å². The van der Waals surface area contributed by atoms with Gasteiger partial charge in [-0.1, -0.05) is 19.9 Å². The zero-order chi connectivity index (χ0) is 15.2. The highest BCUT2D eigenvalue weighted by atomic mass is 79.9. The topological polar surface area (TPSA) is 42.7 Å². The van der Waals surface area contributed by atoms with Gasteiger partial charge in [0.15, 0.2) is 0 Å². The summed E-state index contributed by atoms with van der Waals surface area (Å²) in [6, 6.07) is 6.28. The molecule has 0 aliphatic rings. The second-order valence-electron chi connectivity index (χ2n) is 4.95. The SMILES string of the molecule is CCNC(Cc1c(Br)c(CC)nn1CC)c1ccccn1. The lowest BCUT2D eigenvalue weighted by molar-refractivity contribution is 0.505. The minimum absolute atomic E-state index is 0.208. The fourth-order valence-corrected chi connectivity index (χ4v) is 3.24. The monoisotopic (exact) mass is 350 g/mol. The molecule has 21 heavy (non-hydrogen) atoms. The molecule has 0 fully saturated rings. The molecule has 2 aromatic rings. The number of likely N-dealkylation sites (N-methyl/N-ethyl adjacent to an activating group) is 1. The van der Waals surface area contributed by atoms with Gasteiger partial charge in [-0.2, -0.15) is 5.10 Å². The molecule has 0 aliphatic carbocycles. The van der Waals surface area contributed by atoms with E-state index in [-0.39, 0.29) is 6.04 Å². The molecule has 0 saturated heterocycles. The molecule has 0 radical (unpaired) electrons. The van der Waals surface area contributed by atoms with Crippen molar-refractivity contribution < 1.29 is 0 Å². The molecule has 2 rings (SSSR count). The lowest BCUT2D eigenvalue weighted by Gasteiger charge is -2.18. The van der Waals surface area contributed by atoms with Gasteiger partial charge in [0, 0.05) is 19.2 Å². The molecule has 0 aliphatic heterocycles.